The number of hydrogen-bond donors (Lipinski definition) is 0. The molecule has 0 spiro atoms. The minimum absolute atomic E-state index is 0.721. The number of hydrogen-bond acceptors (Lipinski definition) is 0. The lowest BCUT2D eigenvalue weighted by Crippen LogP contribution is -2.20. The van der Waals surface area contributed by atoms with E-state index in [-0.39, 0.29) is 0 Å². The van der Waals surface area contributed by atoms with Gasteiger partial charge >= 0.3 is 0 Å². The van der Waals surface area contributed by atoms with Crippen LogP contribution in [-0.4, -0.2) is 7.85 Å². The SMILES string of the molecule is [B]CC(C(C)C)C(CC)CCC(C)C. The van der Waals surface area contributed by atoms with E-state index in [1.807, 2.05) is 0 Å². The van der Waals surface area contributed by atoms with Crippen LogP contribution in [-0.2, 0) is 0 Å². The Kier molecular flexibility index (Phi) is 7.40. The fourth-order valence-corrected chi connectivity index (χ4v) is 2.28. The van der Waals surface area contributed by atoms with Crippen LogP contribution in [0.1, 0.15) is 53.9 Å². The summed E-state index contributed by atoms with van der Waals surface area (Å²) in [6, 6.07) is 0. The predicted molar refractivity (Wildman–Crippen MR) is 66.7 cm³/mol. The minimum Gasteiger partial charge on any atom is -0.0854 e. The Balaban J connectivity index is 4.08. The van der Waals surface area contributed by atoms with E-state index in [0.717, 1.165) is 30.0 Å². The molecule has 0 aliphatic carbocycles. The molecule has 0 heterocycles. The summed E-state index contributed by atoms with van der Waals surface area (Å²) >= 11 is 0. The molecule has 0 bridgehead atoms. The molecule has 0 amide bonds. The molecule has 0 aromatic heterocycles. The van der Waals surface area contributed by atoms with Crippen molar-refractivity contribution >= 4 is 7.85 Å². The van der Waals surface area contributed by atoms with Gasteiger partial charge in [-0.05, 0) is 30.1 Å². The molecule has 0 N–H and O–H groups in total. The smallest absolute Gasteiger partial charge is 0.0657 e. The minimum atomic E-state index is 0.721. The second-order valence-electron chi connectivity index (χ2n) is 5.28. The molecule has 2 unspecified atom stereocenters. The lowest BCUT2D eigenvalue weighted by Gasteiger charge is -2.29. The zero-order valence-corrected chi connectivity index (χ0v) is 10.7. The fraction of sp³-hybridized carbons (Fsp3) is 1.00. The van der Waals surface area contributed by atoms with Gasteiger partial charge in [-0.1, -0.05) is 53.8 Å². The zero-order valence-electron chi connectivity index (χ0n) is 10.7. The van der Waals surface area contributed by atoms with Crippen LogP contribution in [0.2, 0.25) is 6.32 Å². The summed E-state index contributed by atoms with van der Waals surface area (Å²) in [6.07, 6.45) is 4.84. The maximum Gasteiger partial charge on any atom is 0.0657 e. The van der Waals surface area contributed by atoms with E-state index in [2.05, 4.69) is 34.6 Å². The quantitative estimate of drug-likeness (QED) is 0.530. The van der Waals surface area contributed by atoms with Crippen LogP contribution in [0, 0.1) is 23.7 Å². The van der Waals surface area contributed by atoms with Gasteiger partial charge in [0.1, 0.15) is 0 Å². The summed E-state index contributed by atoms with van der Waals surface area (Å²) in [4.78, 5) is 0. The van der Waals surface area contributed by atoms with Crippen LogP contribution in [0.5, 0.6) is 0 Å². The third kappa shape index (κ3) is 5.07. The van der Waals surface area contributed by atoms with Gasteiger partial charge in [0.2, 0.25) is 0 Å². The van der Waals surface area contributed by atoms with Crippen molar-refractivity contribution in [3.8, 4) is 0 Å². The largest absolute Gasteiger partial charge is 0.0854 e. The summed E-state index contributed by atoms with van der Waals surface area (Å²) < 4.78 is 0. The molecule has 82 valence electrons. The van der Waals surface area contributed by atoms with Crippen molar-refractivity contribution in [2.75, 3.05) is 0 Å². The van der Waals surface area contributed by atoms with E-state index in [1.54, 1.807) is 0 Å². The van der Waals surface area contributed by atoms with Crippen molar-refractivity contribution in [1.82, 2.24) is 0 Å². The average molecular weight is 194 g/mol. The first-order valence-corrected chi connectivity index (χ1v) is 6.22. The van der Waals surface area contributed by atoms with Crippen LogP contribution in [0.15, 0.2) is 0 Å². The monoisotopic (exact) mass is 194 g/mol. The molecule has 0 aromatic rings. The lowest BCUT2D eigenvalue weighted by atomic mass is 9.72. The topological polar surface area (TPSA) is 0 Å². The zero-order chi connectivity index (χ0) is 11.1. The van der Waals surface area contributed by atoms with Crippen molar-refractivity contribution in [1.29, 1.82) is 0 Å². The van der Waals surface area contributed by atoms with E-state index in [9.17, 15) is 0 Å². The molecule has 2 atom stereocenters. The second-order valence-corrected chi connectivity index (χ2v) is 5.28. The summed E-state index contributed by atoms with van der Waals surface area (Å²) in [6.45, 7) is 11.5. The van der Waals surface area contributed by atoms with E-state index in [0.29, 0.717) is 0 Å². The Morgan fingerprint density at radius 2 is 1.57 bits per heavy atom. The molecule has 0 fully saturated rings. The molecule has 2 radical (unpaired) electrons. The van der Waals surface area contributed by atoms with Gasteiger partial charge < -0.3 is 0 Å². The Bertz CT molecular complexity index is 129. The van der Waals surface area contributed by atoms with E-state index in [1.165, 1.54) is 19.3 Å². The van der Waals surface area contributed by atoms with E-state index in [4.69, 9.17) is 7.85 Å². The summed E-state index contributed by atoms with van der Waals surface area (Å²) in [5.41, 5.74) is 0. The first-order chi connectivity index (χ1) is 6.52. The van der Waals surface area contributed by atoms with Crippen LogP contribution < -0.4 is 0 Å². The van der Waals surface area contributed by atoms with Crippen molar-refractivity contribution in [3.05, 3.63) is 0 Å². The van der Waals surface area contributed by atoms with Gasteiger partial charge in [-0.3, -0.25) is 0 Å². The summed E-state index contributed by atoms with van der Waals surface area (Å²) in [5, 5.41) is 0. The van der Waals surface area contributed by atoms with Gasteiger partial charge in [0.05, 0.1) is 7.85 Å². The summed E-state index contributed by atoms with van der Waals surface area (Å²) in [5.74, 6) is 3.12. The molecule has 0 rings (SSSR count). The molecular formula is C13H27B. The van der Waals surface area contributed by atoms with E-state index < -0.39 is 0 Å². The van der Waals surface area contributed by atoms with Crippen molar-refractivity contribution in [2.45, 2.75) is 60.2 Å². The highest BCUT2D eigenvalue weighted by Gasteiger charge is 2.20. The van der Waals surface area contributed by atoms with Gasteiger partial charge in [0, 0.05) is 0 Å². The first-order valence-electron chi connectivity index (χ1n) is 6.22. The lowest BCUT2D eigenvalue weighted by molar-refractivity contribution is 0.243. The maximum atomic E-state index is 5.86. The highest BCUT2D eigenvalue weighted by molar-refractivity contribution is 6.08. The van der Waals surface area contributed by atoms with Crippen molar-refractivity contribution in [3.63, 3.8) is 0 Å². The Hall–Kier alpha value is 0.0649. The third-order valence-corrected chi connectivity index (χ3v) is 3.37. The van der Waals surface area contributed by atoms with Crippen LogP contribution in [0.4, 0.5) is 0 Å². The van der Waals surface area contributed by atoms with Crippen LogP contribution >= 0.6 is 0 Å². The van der Waals surface area contributed by atoms with Gasteiger partial charge in [-0.15, -0.1) is 0 Å². The Morgan fingerprint density at radius 1 is 1.00 bits per heavy atom. The van der Waals surface area contributed by atoms with Gasteiger partial charge in [0.25, 0.3) is 0 Å². The Morgan fingerprint density at radius 3 is 1.86 bits per heavy atom. The molecule has 0 saturated heterocycles. The summed E-state index contributed by atoms with van der Waals surface area (Å²) in [7, 11) is 5.86. The number of rotatable bonds is 7. The van der Waals surface area contributed by atoms with E-state index >= 15 is 0 Å². The molecule has 0 aliphatic rings. The standard InChI is InChI=1S/C13H27B/c1-6-12(8-7-10(2)3)13(9-14)11(4)5/h10-13H,6-9H2,1-5H3. The molecule has 0 aliphatic heterocycles. The van der Waals surface area contributed by atoms with Gasteiger partial charge in [-0.2, -0.15) is 0 Å². The molecule has 1 heteroatoms. The van der Waals surface area contributed by atoms with Crippen molar-refractivity contribution in [2.24, 2.45) is 23.7 Å². The van der Waals surface area contributed by atoms with Gasteiger partial charge in [0.15, 0.2) is 0 Å². The first kappa shape index (κ1) is 14.1. The third-order valence-electron chi connectivity index (χ3n) is 3.37. The Labute approximate surface area is 92.3 Å². The van der Waals surface area contributed by atoms with Gasteiger partial charge in [-0.25, -0.2) is 0 Å². The molecule has 0 nitrogen and oxygen atoms in total. The fourth-order valence-electron chi connectivity index (χ4n) is 2.28. The highest BCUT2D eigenvalue weighted by atomic mass is 14.3. The maximum absolute atomic E-state index is 5.86. The molecule has 0 aromatic carbocycles. The molecule has 0 saturated carbocycles. The van der Waals surface area contributed by atoms with Crippen molar-refractivity contribution < 1.29 is 0 Å². The van der Waals surface area contributed by atoms with Crippen LogP contribution in [0.25, 0.3) is 0 Å². The predicted octanol–water partition coefficient (Wildman–Crippen LogP) is 4.31. The normalized spacial score (nSPS) is 16.2. The second kappa shape index (κ2) is 7.37. The van der Waals surface area contributed by atoms with Crippen LogP contribution in [0.3, 0.4) is 0 Å². The molecule has 14 heavy (non-hydrogen) atoms. The average Bonchev–Trinajstić information content (AvgIpc) is 2.10. The highest BCUT2D eigenvalue weighted by Crippen LogP contribution is 2.31. The molecular weight excluding hydrogens is 167 g/mol.